The smallest absolute Gasteiger partial charge is 0.340 e. The number of aryl methyl sites for hydroxylation is 3. The van der Waals surface area contributed by atoms with Crippen molar-refractivity contribution in [3.63, 3.8) is 0 Å². The van der Waals surface area contributed by atoms with Crippen molar-refractivity contribution < 1.29 is 14.3 Å². The Morgan fingerprint density at radius 2 is 1.67 bits per heavy atom. The summed E-state index contributed by atoms with van der Waals surface area (Å²) in [6.07, 6.45) is 3.09. The summed E-state index contributed by atoms with van der Waals surface area (Å²) in [6, 6.07) is 10.8. The molecule has 0 saturated heterocycles. The number of nitrogens with zero attached hydrogens (tertiary/aromatic N) is 3. The summed E-state index contributed by atoms with van der Waals surface area (Å²) < 4.78 is 11.1. The van der Waals surface area contributed by atoms with Gasteiger partial charge in [0.25, 0.3) is 0 Å². The maximum Gasteiger partial charge on any atom is 0.340 e. The predicted octanol–water partition coefficient (Wildman–Crippen LogP) is 3.73. The second-order valence-electron chi connectivity index (χ2n) is 6.18. The van der Waals surface area contributed by atoms with Crippen LogP contribution < -0.4 is 4.74 Å². The topological polar surface area (TPSA) is 74.2 Å². The zero-order valence-corrected chi connectivity index (χ0v) is 15.6. The average Bonchev–Trinajstić information content (AvgIpc) is 2.69. The van der Waals surface area contributed by atoms with E-state index in [9.17, 15) is 4.79 Å². The Labute approximate surface area is 158 Å². The van der Waals surface area contributed by atoms with Crippen molar-refractivity contribution in [2.45, 2.75) is 34.0 Å². The first-order chi connectivity index (χ1) is 13.0. The van der Waals surface area contributed by atoms with Crippen molar-refractivity contribution >= 4 is 5.97 Å². The molecule has 27 heavy (non-hydrogen) atoms. The van der Waals surface area contributed by atoms with Crippen LogP contribution in [0.5, 0.6) is 5.75 Å². The third-order valence-corrected chi connectivity index (χ3v) is 4.15. The molecule has 6 nitrogen and oxygen atoms in total. The molecule has 0 aliphatic heterocycles. The van der Waals surface area contributed by atoms with Gasteiger partial charge >= 0.3 is 5.97 Å². The zero-order chi connectivity index (χ0) is 19.2. The van der Waals surface area contributed by atoms with Crippen LogP contribution in [0.25, 0.3) is 0 Å². The Kier molecular flexibility index (Phi) is 5.76. The fourth-order valence-electron chi connectivity index (χ4n) is 2.45. The van der Waals surface area contributed by atoms with E-state index in [1.807, 2.05) is 45.0 Å². The second-order valence-corrected chi connectivity index (χ2v) is 6.18. The van der Waals surface area contributed by atoms with Crippen LogP contribution in [0, 0.1) is 20.8 Å². The number of hydrogen-bond donors (Lipinski definition) is 0. The van der Waals surface area contributed by atoms with Gasteiger partial charge in [-0.1, -0.05) is 12.1 Å². The Morgan fingerprint density at radius 3 is 2.37 bits per heavy atom. The number of carbonyl (C=O) groups excluding carboxylic acids is 1. The molecular formula is C21H21N3O3. The molecule has 0 amide bonds. The molecule has 0 aliphatic rings. The molecule has 3 aromatic rings. The summed E-state index contributed by atoms with van der Waals surface area (Å²) in [5.74, 6) is 0.323. The number of pyridine rings is 1. The van der Waals surface area contributed by atoms with E-state index < -0.39 is 5.97 Å². The molecule has 0 unspecified atom stereocenters. The van der Waals surface area contributed by atoms with E-state index in [4.69, 9.17) is 9.47 Å². The Morgan fingerprint density at radius 1 is 0.926 bits per heavy atom. The fourth-order valence-corrected chi connectivity index (χ4v) is 2.45. The van der Waals surface area contributed by atoms with Gasteiger partial charge in [0, 0.05) is 12.4 Å². The molecular weight excluding hydrogens is 342 g/mol. The highest BCUT2D eigenvalue weighted by Crippen LogP contribution is 2.16. The maximum absolute atomic E-state index is 11.9. The van der Waals surface area contributed by atoms with Crippen LogP contribution in [-0.2, 0) is 18.0 Å². The van der Waals surface area contributed by atoms with E-state index in [1.54, 1.807) is 18.3 Å². The molecule has 3 rings (SSSR count). The van der Waals surface area contributed by atoms with Gasteiger partial charge in [0.2, 0.25) is 0 Å². The number of benzene rings is 1. The van der Waals surface area contributed by atoms with Crippen molar-refractivity contribution in [3.8, 4) is 5.75 Å². The van der Waals surface area contributed by atoms with Crippen LogP contribution in [0.3, 0.4) is 0 Å². The summed E-state index contributed by atoms with van der Waals surface area (Å²) in [4.78, 5) is 24.8. The number of esters is 1. The minimum absolute atomic E-state index is 0.190. The molecule has 2 aromatic heterocycles. The van der Waals surface area contributed by atoms with E-state index in [0.29, 0.717) is 12.2 Å². The summed E-state index contributed by atoms with van der Waals surface area (Å²) >= 11 is 0. The molecule has 0 spiro atoms. The first-order valence-electron chi connectivity index (χ1n) is 8.62. The lowest BCUT2D eigenvalue weighted by Crippen LogP contribution is -2.06. The van der Waals surface area contributed by atoms with Gasteiger partial charge in [-0.15, -0.1) is 0 Å². The van der Waals surface area contributed by atoms with Crippen LogP contribution in [0.1, 0.15) is 38.7 Å². The molecule has 0 bridgehead atoms. The van der Waals surface area contributed by atoms with E-state index in [-0.39, 0.29) is 6.61 Å². The molecule has 2 heterocycles. The summed E-state index contributed by atoms with van der Waals surface area (Å²) in [7, 11) is 0. The second kappa shape index (κ2) is 8.40. The van der Waals surface area contributed by atoms with E-state index in [2.05, 4.69) is 15.0 Å². The van der Waals surface area contributed by atoms with Crippen molar-refractivity contribution in [3.05, 3.63) is 82.7 Å². The lowest BCUT2D eigenvalue weighted by atomic mass is 10.2. The summed E-state index contributed by atoms with van der Waals surface area (Å²) in [5.41, 5.74) is 4.85. The predicted molar refractivity (Wildman–Crippen MR) is 100 cm³/mol. The molecule has 138 valence electrons. The quantitative estimate of drug-likeness (QED) is 0.621. The highest BCUT2D eigenvalue weighted by Gasteiger charge is 2.08. The zero-order valence-electron chi connectivity index (χ0n) is 15.6. The van der Waals surface area contributed by atoms with E-state index in [0.717, 1.165) is 34.1 Å². The normalized spacial score (nSPS) is 10.5. The highest BCUT2D eigenvalue weighted by molar-refractivity contribution is 5.88. The van der Waals surface area contributed by atoms with Crippen LogP contribution in [0.4, 0.5) is 0 Å². The first kappa shape index (κ1) is 18.5. The Hall–Kier alpha value is -3.28. The van der Waals surface area contributed by atoms with Crippen molar-refractivity contribution in [1.82, 2.24) is 15.0 Å². The third-order valence-electron chi connectivity index (χ3n) is 4.15. The average molecular weight is 363 g/mol. The molecule has 0 aliphatic carbocycles. The van der Waals surface area contributed by atoms with Gasteiger partial charge in [-0.25, -0.2) is 4.79 Å². The van der Waals surface area contributed by atoms with Gasteiger partial charge in [-0.3, -0.25) is 15.0 Å². The molecule has 0 N–H and O–H groups in total. The minimum Gasteiger partial charge on any atom is -0.487 e. The molecule has 1 aromatic carbocycles. The van der Waals surface area contributed by atoms with E-state index >= 15 is 0 Å². The lowest BCUT2D eigenvalue weighted by molar-refractivity contribution is 0.0472. The highest BCUT2D eigenvalue weighted by atomic mass is 16.5. The monoisotopic (exact) mass is 363 g/mol. The molecule has 6 heteroatoms. The first-order valence-corrected chi connectivity index (χ1v) is 8.62. The molecule has 0 fully saturated rings. The van der Waals surface area contributed by atoms with Crippen molar-refractivity contribution in [2.75, 3.05) is 0 Å². The number of hydrogen-bond acceptors (Lipinski definition) is 6. The maximum atomic E-state index is 11.9. The van der Waals surface area contributed by atoms with Gasteiger partial charge in [0.15, 0.2) is 0 Å². The van der Waals surface area contributed by atoms with E-state index in [1.165, 1.54) is 6.20 Å². The van der Waals surface area contributed by atoms with Crippen LogP contribution in [0.2, 0.25) is 0 Å². The van der Waals surface area contributed by atoms with Gasteiger partial charge in [0.1, 0.15) is 19.0 Å². The summed E-state index contributed by atoms with van der Waals surface area (Å²) in [6.45, 7) is 6.36. The number of carbonyl (C=O) groups is 1. The van der Waals surface area contributed by atoms with Crippen LogP contribution in [0.15, 0.2) is 48.8 Å². The van der Waals surface area contributed by atoms with Gasteiger partial charge < -0.3 is 9.47 Å². The Balaban J connectivity index is 1.54. The van der Waals surface area contributed by atoms with Gasteiger partial charge in [-0.2, -0.15) is 0 Å². The number of aromatic nitrogens is 3. The molecule has 0 saturated carbocycles. The van der Waals surface area contributed by atoms with Gasteiger partial charge in [0.05, 0.1) is 28.3 Å². The van der Waals surface area contributed by atoms with Crippen LogP contribution >= 0.6 is 0 Å². The van der Waals surface area contributed by atoms with Crippen molar-refractivity contribution in [2.24, 2.45) is 0 Å². The number of ether oxygens (including phenoxy) is 2. The summed E-state index contributed by atoms with van der Waals surface area (Å²) in [5, 5.41) is 0. The SMILES string of the molecule is Cc1nc(C)c(COc2ccc(COC(=O)c3cccnc3)cc2)nc1C. The van der Waals surface area contributed by atoms with Gasteiger partial charge in [-0.05, 0) is 50.6 Å². The minimum atomic E-state index is -0.396. The lowest BCUT2D eigenvalue weighted by Gasteiger charge is -2.10. The van der Waals surface area contributed by atoms with Crippen LogP contribution in [-0.4, -0.2) is 20.9 Å². The molecule has 0 radical (unpaired) electrons. The number of rotatable bonds is 6. The third kappa shape index (κ3) is 4.88. The fraction of sp³-hybridized carbons (Fsp3) is 0.238. The largest absolute Gasteiger partial charge is 0.487 e. The molecule has 0 atom stereocenters. The van der Waals surface area contributed by atoms with Crippen molar-refractivity contribution in [1.29, 1.82) is 0 Å². The standard InChI is InChI=1S/C21H21N3O3/c1-14-15(2)24-20(16(3)23-14)13-26-19-8-6-17(7-9-19)12-27-21(25)18-5-4-10-22-11-18/h4-11H,12-13H2,1-3H3. The Bertz CT molecular complexity index is 925.